The fourth-order valence-corrected chi connectivity index (χ4v) is 1.70. The van der Waals surface area contributed by atoms with Gasteiger partial charge in [0, 0.05) is 39.2 Å². The van der Waals surface area contributed by atoms with E-state index in [1.54, 1.807) is 37.6 Å². The Bertz CT molecular complexity index is 365. The molecule has 1 aromatic rings. The third-order valence-electron chi connectivity index (χ3n) is 2.59. The molecule has 1 aromatic heterocycles. The van der Waals surface area contributed by atoms with Gasteiger partial charge in [-0.15, -0.1) is 0 Å². The summed E-state index contributed by atoms with van der Waals surface area (Å²) in [5.74, 6) is 0.570. The number of likely N-dealkylation sites (N-methyl/N-ethyl adjacent to an activating group) is 1. The van der Waals surface area contributed by atoms with Crippen LogP contribution >= 0.6 is 0 Å². The van der Waals surface area contributed by atoms with Crippen LogP contribution in [0.25, 0.3) is 0 Å². The summed E-state index contributed by atoms with van der Waals surface area (Å²) in [6, 6.07) is -0.165. The Kier molecular flexibility index (Phi) is 5.71. The summed E-state index contributed by atoms with van der Waals surface area (Å²) in [5.41, 5.74) is 0.845. The molecule has 18 heavy (non-hydrogen) atoms. The average molecular weight is 250 g/mol. The summed E-state index contributed by atoms with van der Waals surface area (Å²) >= 11 is 0. The fraction of sp³-hybridized carbons (Fsp3) is 0.615. The molecular weight excluding hydrogens is 228 g/mol. The van der Waals surface area contributed by atoms with Crippen molar-refractivity contribution in [1.29, 1.82) is 0 Å². The smallest absolute Gasteiger partial charge is 0.239 e. The molecule has 5 nitrogen and oxygen atoms in total. The van der Waals surface area contributed by atoms with Crippen LogP contribution in [-0.2, 0) is 11.3 Å². The number of nitrogens with one attached hydrogen (secondary N) is 1. The van der Waals surface area contributed by atoms with Gasteiger partial charge < -0.3 is 10.2 Å². The number of carbonyl (C=O) groups excluding carboxylic acids is 1. The highest BCUT2D eigenvalue weighted by Crippen LogP contribution is 2.07. The molecule has 0 aliphatic rings. The Morgan fingerprint density at radius 3 is 2.61 bits per heavy atom. The van der Waals surface area contributed by atoms with Gasteiger partial charge in [-0.3, -0.25) is 14.8 Å². The Morgan fingerprint density at radius 1 is 1.39 bits per heavy atom. The molecule has 0 saturated heterocycles. The lowest BCUT2D eigenvalue weighted by Crippen LogP contribution is -2.44. The minimum absolute atomic E-state index is 0.104. The first-order chi connectivity index (χ1) is 8.50. The lowest BCUT2D eigenvalue weighted by Gasteiger charge is -2.23. The zero-order valence-corrected chi connectivity index (χ0v) is 11.6. The molecule has 1 N–H and O–H groups in total. The second-order valence-corrected chi connectivity index (χ2v) is 4.99. The summed E-state index contributed by atoms with van der Waals surface area (Å²) in [7, 11) is 3.55. The molecule has 1 amide bonds. The number of amides is 1. The van der Waals surface area contributed by atoms with Crippen molar-refractivity contribution in [2.45, 2.75) is 32.9 Å². The zero-order valence-electron chi connectivity index (χ0n) is 11.6. The first-order valence-electron chi connectivity index (χ1n) is 6.20. The topological polar surface area (TPSA) is 58.1 Å². The van der Waals surface area contributed by atoms with Gasteiger partial charge in [-0.2, -0.15) is 0 Å². The van der Waals surface area contributed by atoms with E-state index in [1.165, 1.54) is 0 Å². The van der Waals surface area contributed by atoms with Crippen molar-refractivity contribution in [1.82, 2.24) is 20.2 Å². The molecular formula is C13H22N4O. The summed E-state index contributed by atoms with van der Waals surface area (Å²) in [5, 5.41) is 3.25. The highest BCUT2D eigenvalue weighted by atomic mass is 16.2. The van der Waals surface area contributed by atoms with Crippen LogP contribution in [0.2, 0.25) is 0 Å². The number of aromatic nitrogens is 2. The van der Waals surface area contributed by atoms with E-state index in [4.69, 9.17) is 0 Å². The number of hydrogen-bond donors (Lipinski definition) is 1. The molecule has 1 heterocycles. The SMILES string of the molecule is CC(C)CC(NCc1cnccn1)C(=O)N(C)C. The van der Waals surface area contributed by atoms with Crippen molar-refractivity contribution in [3.05, 3.63) is 24.3 Å². The second-order valence-electron chi connectivity index (χ2n) is 4.99. The van der Waals surface area contributed by atoms with Crippen molar-refractivity contribution in [2.75, 3.05) is 14.1 Å². The van der Waals surface area contributed by atoms with Gasteiger partial charge in [-0.25, -0.2) is 0 Å². The van der Waals surface area contributed by atoms with E-state index < -0.39 is 0 Å². The Balaban J connectivity index is 2.59. The molecule has 1 rings (SSSR count). The van der Waals surface area contributed by atoms with E-state index in [2.05, 4.69) is 29.1 Å². The van der Waals surface area contributed by atoms with Gasteiger partial charge >= 0.3 is 0 Å². The molecule has 100 valence electrons. The quantitative estimate of drug-likeness (QED) is 0.820. The average Bonchev–Trinajstić information content (AvgIpc) is 2.34. The lowest BCUT2D eigenvalue weighted by molar-refractivity contribution is -0.131. The molecule has 5 heteroatoms. The largest absolute Gasteiger partial charge is 0.347 e. The van der Waals surface area contributed by atoms with Crippen LogP contribution < -0.4 is 5.32 Å². The summed E-state index contributed by atoms with van der Waals surface area (Å²) in [4.78, 5) is 21.8. The normalized spacial score (nSPS) is 12.5. The van der Waals surface area contributed by atoms with Crippen molar-refractivity contribution in [3.8, 4) is 0 Å². The number of carbonyl (C=O) groups is 1. The predicted octanol–water partition coefficient (Wildman–Crippen LogP) is 1.07. The molecule has 0 spiro atoms. The minimum Gasteiger partial charge on any atom is -0.347 e. The highest BCUT2D eigenvalue weighted by Gasteiger charge is 2.20. The summed E-state index contributed by atoms with van der Waals surface area (Å²) < 4.78 is 0. The number of rotatable bonds is 6. The Labute approximate surface area is 109 Å². The third-order valence-corrected chi connectivity index (χ3v) is 2.59. The molecule has 0 radical (unpaired) electrons. The van der Waals surface area contributed by atoms with Crippen LogP contribution in [-0.4, -0.2) is 40.9 Å². The monoisotopic (exact) mass is 250 g/mol. The van der Waals surface area contributed by atoms with Gasteiger partial charge in [0.05, 0.1) is 11.7 Å². The van der Waals surface area contributed by atoms with Crippen LogP contribution in [0.3, 0.4) is 0 Å². The minimum atomic E-state index is -0.165. The van der Waals surface area contributed by atoms with Crippen molar-refractivity contribution in [2.24, 2.45) is 5.92 Å². The van der Waals surface area contributed by atoms with E-state index in [-0.39, 0.29) is 11.9 Å². The number of hydrogen-bond acceptors (Lipinski definition) is 4. The maximum absolute atomic E-state index is 12.0. The van der Waals surface area contributed by atoms with Crippen LogP contribution in [0, 0.1) is 5.92 Å². The Hall–Kier alpha value is -1.49. The Morgan fingerprint density at radius 2 is 2.11 bits per heavy atom. The molecule has 1 unspecified atom stereocenters. The molecule has 0 aliphatic carbocycles. The molecule has 1 atom stereocenters. The predicted molar refractivity (Wildman–Crippen MR) is 70.8 cm³/mol. The van der Waals surface area contributed by atoms with E-state index in [1.807, 2.05) is 0 Å². The van der Waals surface area contributed by atoms with Crippen LogP contribution in [0.4, 0.5) is 0 Å². The van der Waals surface area contributed by atoms with E-state index in [0.29, 0.717) is 12.5 Å². The van der Waals surface area contributed by atoms with E-state index in [0.717, 1.165) is 12.1 Å². The lowest BCUT2D eigenvalue weighted by atomic mass is 10.0. The first kappa shape index (κ1) is 14.6. The van der Waals surface area contributed by atoms with Crippen molar-refractivity contribution in [3.63, 3.8) is 0 Å². The third kappa shape index (κ3) is 4.79. The maximum Gasteiger partial charge on any atom is 0.239 e. The second kappa shape index (κ2) is 7.06. The van der Waals surface area contributed by atoms with Gasteiger partial charge in [-0.05, 0) is 12.3 Å². The molecule has 0 saturated carbocycles. The molecule has 0 aliphatic heterocycles. The summed E-state index contributed by atoms with van der Waals surface area (Å²) in [6.07, 6.45) is 5.82. The molecule has 0 bridgehead atoms. The van der Waals surface area contributed by atoms with E-state index in [9.17, 15) is 4.79 Å². The fourth-order valence-electron chi connectivity index (χ4n) is 1.70. The van der Waals surface area contributed by atoms with Crippen LogP contribution in [0.5, 0.6) is 0 Å². The summed E-state index contributed by atoms with van der Waals surface area (Å²) in [6.45, 7) is 4.78. The maximum atomic E-state index is 12.0. The number of nitrogens with zero attached hydrogens (tertiary/aromatic N) is 3. The van der Waals surface area contributed by atoms with Gasteiger partial charge in [0.2, 0.25) is 5.91 Å². The van der Waals surface area contributed by atoms with Crippen LogP contribution in [0.1, 0.15) is 26.0 Å². The van der Waals surface area contributed by atoms with Gasteiger partial charge in [0.1, 0.15) is 0 Å². The highest BCUT2D eigenvalue weighted by molar-refractivity contribution is 5.81. The van der Waals surface area contributed by atoms with Gasteiger partial charge in [0.25, 0.3) is 0 Å². The zero-order chi connectivity index (χ0) is 13.5. The van der Waals surface area contributed by atoms with Crippen molar-refractivity contribution < 1.29 is 4.79 Å². The standard InChI is InChI=1S/C13H22N4O/c1-10(2)7-12(13(18)17(3)4)16-9-11-8-14-5-6-15-11/h5-6,8,10,12,16H,7,9H2,1-4H3. The van der Waals surface area contributed by atoms with Gasteiger partial charge in [0.15, 0.2) is 0 Å². The van der Waals surface area contributed by atoms with Gasteiger partial charge in [-0.1, -0.05) is 13.8 Å². The van der Waals surface area contributed by atoms with Crippen LogP contribution in [0.15, 0.2) is 18.6 Å². The van der Waals surface area contributed by atoms with Crippen molar-refractivity contribution >= 4 is 5.91 Å². The van der Waals surface area contributed by atoms with E-state index >= 15 is 0 Å². The first-order valence-corrected chi connectivity index (χ1v) is 6.20. The molecule has 0 fully saturated rings. The molecule has 0 aromatic carbocycles.